The molecule has 0 fully saturated rings. The smallest absolute Gasteiger partial charge is 0.127 e. The minimum Gasteiger partial charge on any atom is -0.241 e. The molecule has 1 aromatic rings. The van der Waals surface area contributed by atoms with Crippen LogP contribution in [0.5, 0.6) is 0 Å². The molecule has 0 spiro atoms. The van der Waals surface area contributed by atoms with Crippen LogP contribution in [0.25, 0.3) is 0 Å². The lowest BCUT2D eigenvalue weighted by molar-refractivity contribution is 0.411. The fourth-order valence-corrected chi connectivity index (χ4v) is 2.53. The molecule has 0 aliphatic heterocycles. The predicted octanol–water partition coefficient (Wildman–Crippen LogP) is 4.97. The molecule has 0 amide bonds. The summed E-state index contributed by atoms with van der Waals surface area (Å²) >= 11 is 0. The van der Waals surface area contributed by atoms with Gasteiger partial charge in [-0.15, -0.1) is 0 Å². The van der Waals surface area contributed by atoms with Gasteiger partial charge in [-0.2, -0.15) is 0 Å². The molecule has 2 nitrogen and oxygen atoms in total. The van der Waals surface area contributed by atoms with Crippen LogP contribution in [0.15, 0.2) is 12.4 Å². The summed E-state index contributed by atoms with van der Waals surface area (Å²) in [4.78, 5) is 8.83. The summed E-state index contributed by atoms with van der Waals surface area (Å²) in [5.74, 6) is 1.78. The van der Waals surface area contributed by atoms with Gasteiger partial charge in [0.05, 0.1) is 0 Å². The summed E-state index contributed by atoms with van der Waals surface area (Å²) in [5.41, 5.74) is 1.31. The molecule has 0 saturated heterocycles. The molecule has 1 aromatic heterocycles. The Morgan fingerprint density at radius 3 is 2.11 bits per heavy atom. The second-order valence-corrected chi connectivity index (χ2v) is 5.57. The molecular formula is C17H30N2. The van der Waals surface area contributed by atoms with E-state index >= 15 is 0 Å². The van der Waals surface area contributed by atoms with E-state index in [-0.39, 0.29) is 0 Å². The van der Waals surface area contributed by atoms with Crippen LogP contribution in [0.1, 0.15) is 77.1 Å². The maximum atomic E-state index is 4.42. The first kappa shape index (κ1) is 16.1. The molecule has 0 aliphatic rings. The minimum atomic E-state index is 0.822. The number of nitrogens with zero attached hydrogens (tertiary/aromatic N) is 2. The maximum absolute atomic E-state index is 4.42. The maximum Gasteiger partial charge on any atom is 0.127 e. The fraction of sp³-hybridized carbons (Fsp3) is 0.765. The van der Waals surface area contributed by atoms with Gasteiger partial charge in [0.1, 0.15) is 5.82 Å². The standard InChI is InChI=1S/C17H30N2/c1-4-7-9-11-15(10-8-5-2)12-16-13-18-17(6-3)19-14-16/h13-15H,4-12H2,1-3H3. The van der Waals surface area contributed by atoms with Crippen molar-refractivity contribution in [3.05, 3.63) is 23.8 Å². The Morgan fingerprint density at radius 2 is 1.53 bits per heavy atom. The summed E-state index contributed by atoms with van der Waals surface area (Å²) in [5, 5.41) is 0. The molecule has 0 saturated carbocycles. The summed E-state index contributed by atoms with van der Waals surface area (Å²) < 4.78 is 0. The van der Waals surface area contributed by atoms with Crippen molar-refractivity contribution in [2.24, 2.45) is 5.92 Å². The van der Waals surface area contributed by atoms with Crippen molar-refractivity contribution in [3.63, 3.8) is 0 Å². The number of rotatable bonds is 10. The molecule has 1 unspecified atom stereocenters. The lowest BCUT2D eigenvalue weighted by Gasteiger charge is -2.16. The van der Waals surface area contributed by atoms with E-state index in [9.17, 15) is 0 Å². The van der Waals surface area contributed by atoms with Crippen LogP contribution in [0, 0.1) is 5.92 Å². The predicted molar refractivity (Wildman–Crippen MR) is 82.3 cm³/mol. The Labute approximate surface area is 119 Å². The van der Waals surface area contributed by atoms with Crippen LogP contribution >= 0.6 is 0 Å². The van der Waals surface area contributed by atoms with Crippen LogP contribution < -0.4 is 0 Å². The highest BCUT2D eigenvalue weighted by molar-refractivity contribution is 5.06. The Morgan fingerprint density at radius 1 is 0.895 bits per heavy atom. The van der Waals surface area contributed by atoms with E-state index in [4.69, 9.17) is 0 Å². The zero-order chi connectivity index (χ0) is 13.9. The van der Waals surface area contributed by atoms with Gasteiger partial charge in [0.25, 0.3) is 0 Å². The van der Waals surface area contributed by atoms with Gasteiger partial charge in [-0.3, -0.25) is 0 Å². The molecule has 108 valence electrons. The number of aromatic nitrogens is 2. The van der Waals surface area contributed by atoms with Crippen molar-refractivity contribution in [2.75, 3.05) is 0 Å². The largest absolute Gasteiger partial charge is 0.241 e. The highest BCUT2D eigenvalue weighted by atomic mass is 14.9. The average molecular weight is 262 g/mol. The van der Waals surface area contributed by atoms with E-state index < -0.39 is 0 Å². The molecule has 19 heavy (non-hydrogen) atoms. The van der Waals surface area contributed by atoms with E-state index in [2.05, 4.69) is 30.7 Å². The lowest BCUT2D eigenvalue weighted by atomic mass is 9.90. The van der Waals surface area contributed by atoms with Gasteiger partial charge in [0.2, 0.25) is 0 Å². The third kappa shape index (κ3) is 6.70. The van der Waals surface area contributed by atoms with Gasteiger partial charge in [-0.05, 0) is 17.9 Å². The van der Waals surface area contributed by atoms with Crippen molar-refractivity contribution in [2.45, 2.75) is 78.6 Å². The van der Waals surface area contributed by atoms with Crippen LogP contribution in [0.2, 0.25) is 0 Å². The summed E-state index contributed by atoms with van der Waals surface area (Å²) in [7, 11) is 0. The molecule has 0 aliphatic carbocycles. The van der Waals surface area contributed by atoms with Gasteiger partial charge >= 0.3 is 0 Å². The summed E-state index contributed by atoms with van der Waals surface area (Å²) in [6, 6.07) is 0. The zero-order valence-corrected chi connectivity index (χ0v) is 13.0. The summed E-state index contributed by atoms with van der Waals surface area (Å²) in [6.45, 7) is 6.66. The molecule has 2 heteroatoms. The number of aryl methyl sites for hydroxylation is 1. The molecular weight excluding hydrogens is 232 g/mol. The second-order valence-electron chi connectivity index (χ2n) is 5.57. The molecule has 0 radical (unpaired) electrons. The van der Waals surface area contributed by atoms with E-state index in [1.807, 2.05) is 12.4 Å². The molecule has 0 bridgehead atoms. The van der Waals surface area contributed by atoms with Gasteiger partial charge in [0.15, 0.2) is 0 Å². The zero-order valence-electron chi connectivity index (χ0n) is 13.0. The Kier molecular flexibility index (Phi) is 8.44. The van der Waals surface area contributed by atoms with Gasteiger partial charge in [-0.25, -0.2) is 9.97 Å². The normalized spacial score (nSPS) is 12.6. The third-order valence-corrected chi connectivity index (χ3v) is 3.78. The average Bonchev–Trinajstić information content (AvgIpc) is 2.45. The number of hydrogen-bond acceptors (Lipinski definition) is 2. The highest BCUT2D eigenvalue weighted by Gasteiger charge is 2.10. The Bertz CT molecular complexity index is 319. The quantitative estimate of drug-likeness (QED) is 0.556. The van der Waals surface area contributed by atoms with Gasteiger partial charge < -0.3 is 0 Å². The first-order valence-electron chi connectivity index (χ1n) is 8.09. The van der Waals surface area contributed by atoms with Crippen LogP contribution in [-0.2, 0) is 12.8 Å². The Hall–Kier alpha value is -0.920. The second kappa shape index (κ2) is 9.94. The molecule has 1 heterocycles. The minimum absolute atomic E-state index is 0.822. The van der Waals surface area contributed by atoms with Crippen molar-refractivity contribution >= 4 is 0 Å². The first-order valence-corrected chi connectivity index (χ1v) is 8.09. The SMILES string of the molecule is CCCCCC(CCCC)Cc1cnc(CC)nc1. The molecule has 1 rings (SSSR count). The highest BCUT2D eigenvalue weighted by Crippen LogP contribution is 2.21. The van der Waals surface area contributed by atoms with Crippen molar-refractivity contribution in [1.82, 2.24) is 9.97 Å². The van der Waals surface area contributed by atoms with Crippen molar-refractivity contribution in [1.29, 1.82) is 0 Å². The van der Waals surface area contributed by atoms with E-state index in [1.54, 1.807) is 0 Å². The van der Waals surface area contributed by atoms with Crippen molar-refractivity contribution in [3.8, 4) is 0 Å². The van der Waals surface area contributed by atoms with Gasteiger partial charge in [0, 0.05) is 18.8 Å². The van der Waals surface area contributed by atoms with Crippen LogP contribution in [0.4, 0.5) is 0 Å². The molecule has 0 N–H and O–H groups in total. The van der Waals surface area contributed by atoms with E-state index in [0.717, 1.165) is 24.6 Å². The van der Waals surface area contributed by atoms with E-state index in [0.29, 0.717) is 0 Å². The first-order chi connectivity index (χ1) is 9.30. The third-order valence-electron chi connectivity index (χ3n) is 3.78. The molecule has 0 aromatic carbocycles. The van der Waals surface area contributed by atoms with Crippen LogP contribution in [0.3, 0.4) is 0 Å². The lowest BCUT2D eigenvalue weighted by Crippen LogP contribution is -2.06. The van der Waals surface area contributed by atoms with Crippen LogP contribution in [-0.4, -0.2) is 9.97 Å². The fourth-order valence-electron chi connectivity index (χ4n) is 2.53. The number of hydrogen-bond donors (Lipinski definition) is 0. The van der Waals surface area contributed by atoms with Gasteiger partial charge in [-0.1, -0.05) is 65.7 Å². The van der Waals surface area contributed by atoms with E-state index in [1.165, 1.54) is 50.5 Å². The topological polar surface area (TPSA) is 25.8 Å². The monoisotopic (exact) mass is 262 g/mol. The van der Waals surface area contributed by atoms with Crippen molar-refractivity contribution < 1.29 is 0 Å². The number of unbranched alkanes of at least 4 members (excludes halogenated alkanes) is 3. The summed E-state index contributed by atoms with van der Waals surface area (Å²) in [6.07, 6.45) is 15.6. The molecule has 1 atom stereocenters. The Balaban J connectivity index is 2.48.